The topological polar surface area (TPSA) is 52.5 Å². The normalized spacial score (nSPS) is 22.1. The second kappa shape index (κ2) is 3.88. The summed E-state index contributed by atoms with van der Waals surface area (Å²) in [4.78, 5) is 0. The molecule has 1 heterocycles. The van der Waals surface area contributed by atoms with Gasteiger partial charge >= 0.3 is 0 Å². The van der Waals surface area contributed by atoms with Crippen LogP contribution in [0.15, 0.2) is 18.2 Å². The summed E-state index contributed by atoms with van der Waals surface area (Å²) in [6, 6.07) is 4.98. The van der Waals surface area contributed by atoms with E-state index in [1.165, 1.54) is 6.42 Å². The lowest BCUT2D eigenvalue weighted by atomic mass is 9.96. The second-order valence-corrected chi connectivity index (χ2v) is 3.71. The van der Waals surface area contributed by atoms with E-state index in [9.17, 15) is 10.2 Å². The van der Waals surface area contributed by atoms with E-state index in [2.05, 4.69) is 5.32 Å². The van der Waals surface area contributed by atoms with Crippen LogP contribution in [0.3, 0.4) is 0 Å². The number of nitrogens with one attached hydrogen (secondary N) is 1. The van der Waals surface area contributed by atoms with Crippen LogP contribution in [0.25, 0.3) is 0 Å². The zero-order valence-electron chi connectivity index (χ0n) is 8.03. The van der Waals surface area contributed by atoms with Gasteiger partial charge < -0.3 is 15.5 Å². The van der Waals surface area contributed by atoms with Gasteiger partial charge in [0.15, 0.2) is 0 Å². The van der Waals surface area contributed by atoms with Crippen molar-refractivity contribution in [2.75, 3.05) is 6.54 Å². The highest BCUT2D eigenvalue weighted by molar-refractivity contribution is 5.45. The molecule has 76 valence electrons. The first kappa shape index (κ1) is 9.34. The molecule has 1 aliphatic rings. The van der Waals surface area contributed by atoms with Crippen molar-refractivity contribution in [1.82, 2.24) is 5.32 Å². The lowest BCUT2D eigenvalue weighted by Gasteiger charge is -2.24. The number of hydrogen-bond donors (Lipinski definition) is 3. The highest BCUT2D eigenvalue weighted by atomic mass is 16.3. The summed E-state index contributed by atoms with van der Waals surface area (Å²) in [6.45, 7) is 0.957. The third-order valence-corrected chi connectivity index (χ3v) is 2.72. The third kappa shape index (κ3) is 1.68. The minimum absolute atomic E-state index is 0.102. The first-order valence-electron chi connectivity index (χ1n) is 5.03. The molecule has 0 aromatic heterocycles. The Balaban J connectivity index is 2.29. The molecule has 3 heteroatoms. The fourth-order valence-corrected chi connectivity index (χ4v) is 2.00. The molecule has 1 atom stereocenters. The summed E-state index contributed by atoms with van der Waals surface area (Å²) < 4.78 is 0. The molecule has 3 N–H and O–H groups in total. The standard InChI is InChI=1S/C11H15NO2/c13-9-5-3-6-10(14)11(9)8-4-1-2-7-12-8/h3,5-6,8,12-14H,1-2,4,7H2. The Morgan fingerprint density at radius 3 is 2.43 bits per heavy atom. The van der Waals surface area contributed by atoms with Crippen LogP contribution >= 0.6 is 0 Å². The van der Waals surface area contributed by atoms with Gasteiger partial charge in [0.2, 0.25) is 0 Å². The molecule has 0 amide bonds. The van der Waals surface area contributed by atoms with Crippen LogP contribution in [0, 0.1) is 0 Å². The lowest BCUT2D eigenvalue weighted by molar-refractivity contribution is 0.370. The minimum atomic E-state index is 0.102. The van der Waals surface area contributed by atoms with Crippen molar-refractivity contribution < 1.29 is 10.2 Å². The molecular formula is C11H15NO2. The van der Waals surface area contributed by atoms with Crippen molar-refractivity contribution in [2.24, 2.45) is 0 Å². The zero-order chi connectivity index (χ0) is 9.97. The Kier molecular flexibility index (Phi) is 2.59. The first-order chi connectivity index (χ1) is 6.79. The predicted molar refractivity (Wildman–Crippen MR) is 54.4 cm³/mol. The van der Waals surface area contributed by atoms with Crippen molar-refractivity contribution in [3.8, 4) is 11.5 Å². The fraction of sp³-hybridized carbons (Fsp3) is 0.455. The molecule has 0 aliphatic carbocycles. The zero-order valence-corrected chi connectivity index (χ0v) is 8.03. The van der Waals surface area contributed by atoms with E-state index in [0.29, 0.717) is 5.56 Å². The Morgan fingerprint density at radius 2 is 1.86 bits per heavy atom. The Bertz CT molecular complexity index is 299. The van der Waals surface area contributed by atoms with Crippen molar-refractivity contribution in [3.63, 3.8) is 0 Å². The van der Waals surface area contributed by atoms with Gasteiger partial charge in [-0.25, -0.2) is 0 Å². The SMILES string of the molecule is Oc1cccc(O)c1C1CCCCN1. The number of benzene rings is 1. The molecule has 0 spiro atoms. The average molecular weight is 193 g/mol. The van der Waals surface area contributed by atoms with E-state index in [1.54, 1.807) is 18.2 Å². The van der Waals surface area contributed by atoms with E-state index in [0.717, 1.165) is 19.4 Å². The largest absolute Gasteiger partial charge is 0.507 e. The predicted octanol–water partition coefficient (Wildman–Crippen LogP) is 1.91. The maximum atomic E-state index is 9.64. The van der Waals surface area contributed by atoms with Gasteiger partial charge in [0.25, 0.3) is 0 Å². The van der Waals surface area contributed by atoms with E-state index < -0.39 is 0 Å². The summed E-state index contributed by atoms with van der Waals surface area (Å²) in [7, 11) is 0. The van der Waals surface area contributed by atoms with Gasteiger partial charge in [-0.3, -0.25) is 0 Å². The van der Waals surface area contributed by atoms with Crippen LogP contribution in [0.2, 0.25) is 0 Å². The number of phenolic OH excluding ortho intramolecular Hbond substituents is 2. The third-order valence-electron chi connectivity index (χ3n) is 2.72. The summed E-state index contributed by atoms with van der Waals surface area (Å²) in [5.41, 5.74) is 0.646. The van der Waals surface area contributed by atoms with Gasteiger partial charge in [0.05, 0.1) is 5.56 Å². The van der Waals surface area contributed by atoms with Crippen LogP contribution in [0.4, 0.5) is 0 Å². The number of phenols is 2. The first-order valence-corrected chi connectivity index (χ1v) is 5.03. The van der Waals surface area contributed by atoms with Gasteiger partial charge in [-0.1, -0.05) is 12.5 Å². The molecular weight excluding hydrogens is 178 g/mol. The summed E-state index contributed by atoms with van der Waals surface area (Å²) >= 11 is 0. The molecule has 1 aromatic rings. The number of rotatable bonds is 1. The van der Waals surface area contributed by atoms with E-state index in [-0.39, 0.29) is 17.5 Å². The van der Waals surface area contributed by atoms with Crippen LogP contribution < -0.4 is 5.32 Å². The number of piperidine rings is 1. The second-order valence-electron chi connectivity index (χ2n) is 3.71. The van der Waals surface area contributed by atoms with Gasteiger partial charge in [0, 0.05) is 6.04 Å². The van der Waals surface area contributed by atoms with Crippen molar-refractivity contribution in [2.45, 2.75) is 25.3 Å². The fourth-order valence-electron chi connectivity index (χ4n) is 2.00. The molecule has 2 rings (SSSR count). The Hall–Kier alpha value is -1.22. The molecule has 3 nitrogen and oxygen atoms in total. The van der Waals surface area contributed by atoms with Crippen LogP contribution in [-0.2, 0) is 0 Å². The van der Waals surface area contributed by atoms with Gasteiger partial charge in [0.1, 0.15) is 11.5 Å². The maximum absolute atomic E-state index is 9.64. The van der Waals surface area contributed by atoms with Gasteiger partial charge in [-0.15, -0.1) is 0 Å². The lowest BCUT2D eigenvalue weighted by Crippen LogP contribution is -2.26. The molecule has 1 fully saturated rings. The van der Waals surface area contributed by atoms with Crippen molar-refractivity contribution in [1.29, 1.82) is 0 Å². The Labute approximate surface area is 83.4 Å². The minimum Gasteiger partial charge on any atom is -0.507 e. The quantitative estimate of drug-likeness (QED) is 0.638. The van der Waals surface area contributed by atoms with E-state index in [4.69, 9.17) is 0 Å². The van der Waals surface area contributed by atoms with Crippen LogP contribution in [0.5, 0.6) is 11.5 Å². The Morgan fingerprint density at radius 1 is 1.14 bits per heavy atom. The van der Waals surface area contributed by atoms with Crippen molar-refractivity contribution in [3.05, 3.63) is 23.8 Å². The van der Waals surface area contributed by atoms with E-state index in [1.807, 2.05) is 0 Å². The number of aromatic hydroxyl groups is 2. The maximum Gasteiger partial charge on any atom is 0.124 e. The summed E-state index contributed by atoms with van der Waals surface area (Å²) in [5, 5.41) is 22.6. The van der Waals surface area contributed by atoms with Crippen LogP contribution in [0.1, 0.15) is 30.9 Å². The highest BCUT2D eigenvalue weighted by Crippen LogP contribution is 2.35. The van der Waals surface area contributed by atoms with E-state index >= 15 is 0 Å². The molecule has 1 saturated heterocycles. The summed E-state index contributed by atoms with van der Waals surface area (Å²) in [5.74, 6) is 0.369. The molecule has 0 bridgehead atoms. The van der Waals surface area contributed by atoms with Gasteiger partial charge in [-0.05, 0) is 31.5 Å². The molecule has 1 aromatic carbocycles. The van der Waals surface area contributed by atoms with Gasteiger partial charge in [-0.2, -0.15) is 0 Å². The molecule has 1 unspecified atom stereocenters. The molecule has 14 heavy (non-hydrogen) atoms. The molecule has 0 radical (unpaired) electrons. The molecule has 0 saturated carbocycles. The highest BCUT2D eigenvalue weighted by Gasteiger charge is 2.20. The molecule has 1 aliphatic heterocycles. The monoisotopic (exact) mass is 193 g/mol. The number of hydrogen-bond acceptors (Lipinski definition) is 3. The summed E-state index contributed by atoms with van der Waals surface area (Å²) in [6.07, 6.45) is 3.29. The average Bonchev–Trinajstić information content (AvgIpc) is 2.19. The van der Waals surface area contributed by atoms with Crippen molar-refractivity contribution >= 4 is 0 Å². The van der Waals surface area contributed by atoms with Crippen LogP contribution in [-0.4, -0.2) is 16.8 Å². The smallest absolute Gasteiger partial charge is 0.124 e.